The molecule has 23 heavy (non-hydrogen) atoms. The Hall–Kier alpha value is -2.85. The lowest BCUT2D eigenvalue weighted by Gasteiger charge is -2.31. The highest BCUT2D eigenvalue weighted by atomic mass is 32.1. The van der Waals surface area contributed by atoms with E-state index in [1.807, 2.05) is 37.0 Å². The molecule has 0 fully saturated rings. The summed E-state index contributed by atoms with van der Waals surface area (Å²) in [5.74, 6) is -0.0875. The second-order valence-electron chi connectivity index (χ2n) is 5.34. The molecule has 0 saturated heterocycles. The van der Waals surface area contributed by atoms with Gasteiger partial charge in [0.2, 0.25) is 0 Å². The summed E-state index contributed by atoms with van der Waals surface area (Å²) in [7, 11) is 0. The van der Waals surface area contributed by atoms with Gasteiger partial charge in [0, 0.05) is 53.6 Å². The summed E-state index contributed by atoms with van der Waals surface area (Å²) in [6.45, 7) is 0. The number of fused-ring (bicyclic) bond motifs is 1. The summed E-state index contributed by atoms with van der Waals surface area (Å²) in [6, 6.07) is 6.27. The van der Waals surface area contributed by atoms with Crippen LogP contribution >= 0.6 is 11.3 Å². The number of aromatic amines is 1. The maximum absolute atomic E-state index is 9.36. The first-order chi connectivity index (χ1) is 11.3. The molecule has 1 unspecified atom stereocenters. The third kappa shape index (κ3) is 2.07. The highest BCUT2D eigenvalue weighted by molar-refractivity contribution is 7.09. The number of hydrogen-bond donors (Lipinski definition) is 1. The lowest BCUT2D eigenvalue weighted by atomic mass is 9.70. The maximum atomic E-state index is 9.36. The van der Waals surface area contributed by atoms with Crippen LogP contribution in [0, 0.1) is 11.3 Å². The molecule has 1 aliphatic heterocycles. The van der Waals surface area contributed by atoms with Gasteiger partial charge in [-0.3, -0.25) is 4.98 Å². The molecule has 0 saturated carbocycles. The van der Waals surface area contributed by atoms with Crippen molar-refractivity contribution in [3.63, 3.8) is 0 Å². The molecule has 6 nitrogen and oxygen atoms in total. The topological polar surface area (TPSA) is 90.1 Å². The van der Waals surface area contributed by atoms with E-state index in [1.165, 1.54) is 0 Å². The fourth-order valence-electron chi connectivity index (χ4n) is 3.13. The predicted molar refractivity (Wildman–Crippen MR) is 89.8 cm³/mol. The largest absolute Gasteiger partial charge is 0.346 e. The molecule has 0 radical (unpaired) electrons. The number of H-pyrrole nitrogens is 1. The van der Waals surface area contributed by atoms with Crippen molar-refractivity contribution in [2.75, 3.05) is 0 Å². The molecule has 0 spiro atoms. The van der Waals surface area contributed by atoms with Gasteiger partial charge in [0.1, 0.15) is 5.65 Å². The molecule has 3 aromatic heterocycles. The molecule has 112 valence electrons. The van der Waals surface area contributed by atoms with Gasteiger partial charge in [0.05, 0.1) is 17.0 Å². The first kappa shape index (κ1) is 13.8. The van der Waals surface area contributed by atoms with E-state index in [0.29, 0.717) is 6.42 Å². The summed E-state index contributed by atoms with van der Waals surface area (Å²) in [5, 5.41) is 18.6. The van der Waals surface area contributed by atoms with Crippen LogP contribution in [0.15, 0.2) is 46.4 Å². The quantitative estimate of drug-likeness (QED) is 0.801. The van der Waals surface area contributed by atoms with Gasteiger partial charge < -0.3 is 4.98 Å². The van der Waals surface area contributed by atoms with Crippen LogP contribution in [0.4, 0.5) is 0 Å². The van der Waals surface area contributed by atoms with E-state index < -0.39 is 5.41 Å². The number of hydrogen-bond acceptors (Lipinski definition) is 6. The monoisotopic (exact) mass is 320 g/mol. The van der Waals surface area contributed by atoms with Crippen molar-refractivity contribution in [1.29, 1.82) is 5.26 Å². The smallest absolute Gasteiger partial charge is 0.137 e. The Bertz CT molecular complexity index is 919. The van der Waals surface area contributed by atoms with E-state index >= 15 is 0 Å². The second-order valence-corrected chi connectivity index (χ2v) is 6.26. The zero-order valence-corrected chi connectivity index (χ0v) is 12.9. The van der Waals surface area contributed by atoms with Gasteiger partial charge in [-0.05, 0) is 17.7 Å². The summed E-state index contributed by atoms with van der Waals surface area (Å²) in [4.78, 5) is 12.7. The van der Waals surface area contributed by atoms with Crippen LogP contribution in [0.3, 0.4) is 0 Å². The van der Waals surface area contributed by atoms with Crippen LogP contribution in [0.25, 0.3) is 11.0 Å². The normalized spacial score (nSPS) is 16.7. The molecule has 1 aliphatic rings. The zero-order valence-electron chi connectivity index (χ0n) is 12.0. The van der Waals surface area contributed by atoms with Gasteiger partial charge in [-0.2, -0.15) is 15.5 Å². The van der Waals surface area contributed by atoms with E-state index in [1.54, 1.807) is 23.0 Å². The highest BCUT2D eigenvalue weighted by Crippen LogP contribution is 2.43. The summed E-state index contributed by atoms with van der Waals surface area (Å²) in [5.41, 5.74) is 3.08. The average molecular weight is 320 g/mol. The van der Waals surface area contributed by atoms with Crippen molar-refractivity contribution in [3.8, 4) is 6.07 Å². The Morgan fingerprint density at radius 2 is 2.17 bits per heavy atom. The Morgan fingerprint density at radius 3 is 2.91 bits per heavy atom. The first-order valence-corrected chi connectivity index (χ1v) is 8.00. The zero-order chi connectivity index (χ0) is 15.7. The van der Waals surface area contributed by atoms with Crippen molar-refractivity contribution in [2.24, 2.45) is 10.2 Å². The van der Waals surface area contributed by atoms with Gasteiger partial charge in [-0.15, -0.1) is 11.3 Å². The molecule has 0 aromatic carbocycles. The van der Waals surface area contributed by atoms with Crippen LogP contribution in [-0.4, -0.2) is 27.4 Å². The molecule has 1 atom stereocenters. The fraction of sp³-hybridized carbons (Fsp3) is 0.188. The molecule has 0 bridgehead atoms. The third-order valence-electron chi connectivity index (χ3n) is 4.20. The molecule has 7 heteroatoms. The average Bonchev–Trinajstić information content (AvgIpc) is 3.33. The molecule has 0 amide bonds. The van der Waals surface area contributed by atoms with Crippen LogP contribution in [0.5, 0.6) is 0 Å². The van der Waals surface area contributed by atoms with Crippen LogP contribution < -0.4 is 0 Å². The predicted octanol–water partition coefficient (Wildman–Crippen LogP) is 3.02. The standard InChI is InChI=1S/C16H12N6S/c17-4-1-13(14-7-18-10-23-14)16(8-21-22-9-16)12-3-6-20-15-11(12)2-5-19-15/h2-3,5-10,13H,1H2,(H,19,20). The minimum atomic E-state index is -0.564. The molecular weight excluding hydrogens is 308 g/mol. The maximum Gasteiger partial charge on any atom is 0.137 e. The molecular formula is C16H12N6S. The van der Waals surface area contributed by atoms with E-state index in [2.05, 4.69) is 31.2 Å². The van der Waals surface area contributed by atoms with E-state index in [-0.39, 0.29) is 5.92 Å². The Morgan fingerprint density at radius 1 is 1.30 bits per heavy atom. The molecule has 0 aliphatic carbocycles. The number of rotatable bonds is 4. The van der Waals surface area contributed by atoms with E-state index in [0.717, 1.165) is 21.5 Å². The van der Waals surface area contributed by atoms with Crippen molar-refractivity contribution in [1.82, 2.24) is 15.0 Å². The molecule has 4 rings (SSSR count). The number of aromatic nitrogens is 3. The van der Waals surface area contributed by atoms with Crippen LogP contribution in [0.1, 0.15) is 22.8 Å². The lowest BCUT2D eigenvalue weighted by molar-refractivity contribution is 0.612. The van der Waals surface area contributed by atoms with Gasteiger partial charge in [0.25, 0.3) is 0 Å². The summed E-state index contributed by atoms with van der Waals surface area (Å²) >= 11 is 1.55. The number of pyridine rings is 1. The SMILES string of the molecule is N#CCC(c1cncs1)C1(c2ccnc3[nH]ccc23)C=NN=C1. The first-order valence-electron chi connectivity index (χ1n) is 7.12. The van der Waals surface area contributed by atoms with Crippen molar-refractivity contribution in [2.45, 2.75) is 17.8 Å². The molecule has 1 N–H and O–H groups in total. The Kier molecular flexibility index (Phi) is 3.24. The minimum Gasteiger partial charge on any atom is -0.346 e. The van der Waals surface area contributed by atoms with Crippen LogP contribution in [0.2, 0.25) is 0 Å². The minimum absolute atomic E-state index is 0.0875. The Balaban J connectivity index is 1.96. The lowest BCUT2D eigenvalue weighted by Crippen LogP contribution is -2.35. The molecule has 3 aromatic rings. The van der Waals surface area contributed by atoms with Crippen molar-refractivity contribution >= 4 is 34.8 Å². The second kappa shape index (κ2) is 5.41. The van der Waals surface area contributed by atoms with Gasteiger partial charge in [-0.25, -0.2) is 4.98 Å². The fourth-order valence-corrected chi connectivity index (χ4v) is 3.94. The van der Waals surface area contributed by atoms with Gasteiger partial charge in [0.15, 0.2) is 0 Å². The number of nitrogens with one attached hydrogen (secondary N) is 1. The number of thiazole rings is 1. The molecule has 4 heterocycles. The highest BCUT2D eigenvalue weighted by Gasteiger charge is 2.42. The van der Waals surface area contributed by atoms with Crippen LogP contribution in [-0.2, 0) is 5.41 Å². The van der Waals surface area contributed by atoms with Crippen molar-refractivity contribution in [3.05, 3.63) is 46.7 Å². The number of nitriles is 1. The summed E-state index contributed by atoms with van der Waals surface area (Å²) < 4.78 is 0. The van der Waals surface area contributed by atoms with E-state index in [4.69, 9.17) is 0 Å². The summed E-state index contributed by atoms with van der Waals surface area (Å²) in [6.07, 6.45) is 9.47. The van der Waals surface area contributed by atoms with Gasteiger partial charge in [-0.1, -0.05) is 0 Å². The van der Waals surface area contributed by atoms with Crippen molar-refractivity contribution < 1.29 is 0 Å². The van der Waals surface area contributed by atoms with Gasteiger partial charge >= 0.3 is 0 Å². The Labute approximate surface area is 136 Å². The van der Waals surface area contributed by atoms with E-state index in [9.17, 15) is 5.26 Å². The third-order valence-corrected chi connectivity index (χ3v) is 5.09. The number of nitrogens with zero attached hydrogens (tertiary/aromatic N) is 5.